The Kier molecular flexibility index (Phi) is 9.36. The number of benzene rings is 1. The van der Waals surface area contributed by atoms with Gasteiger partial charge in [0.15, 0.2) is 5.75 Å². The highest BCUT2D eigenvalue weighted by atomic mass is 16.5. The summed E-state index contributed by atoms with van der Waals surface area (Å²) in [7, 11) is 0. The van der Waals surface area contributed by atoms with Crippen LogP contribution in [0.5, 0.6) is 5.75 Å². The molecule has 2 rings (SSSR count). The minimum Gasteiger partial charge on any atom is -0.489 e. The van der Waals surface area contributed by atoms with Gasteiger partial charge in [0.2, 0.25) is 5.43 Å². The van der Waals surface area contributed by atoms with Gasteiger partial charge in [-0.2, -0.15) is 0 Å². The van der Waals surface area contributed by atoms with Gasteiger partial charge >= 0.3 is 0 Å². The van der Waals surface area contributed by atoms with Crippen LogP contribution in [0.2, 0.25) is 0 Å². The second-order valence-electron chi connectivity index (χ2n) is 6.54. The largest absolute Gasteiger partial charge is 0.489 e. The number of hydrogen-bond acceptors (Lipinski definition) is 3. The van der Waals surface area contributed by atoms with E-state index in [-0.39, 0.29) is 5.43 Å². The summed E-state index contributed by atoms with van der Waals surface area (Å²) in [5.74, 6) is 0.403. The lowest BCUT2D eigenvalue weighted by molar-refractivity contribution is 0.164. The van der Waals surface area contributed by atoms with Crippen molar-refractivity contribution in [2.45, 2.75) is 39.5 Å². The number of ether oxygens (including phenoxy) is 2. The molecule has 0 radical (unpaired) electrons. The molecule has 144 valence electrons. The molecule has 0 saturated heterocycles. The van der Waals surface area contributed by atoms with Crippen LogP contribution in [0.25, 0.3) is 11.6 Å². The lowest BCUT2D eigenvalue weighted by Gasteiger charge is -2.08. The van der Waals surface area contributed by atoms with Crippen molar-refractivity contribution in [3.8, 4) is 5.75 Å². The molecule has 0 aliphatic rings. The van der Waals surface area contributed by atoms with E-state index in [0.717, 1.165) is 49.0 Å². The first kappa shape index (κ1) is 20.9. The Hall–Kier alpha value is -2.39. The van der Waals surface area contributed by atoms with Crippen molar-refractivity contribution in [3.05, 3.63) is 75.9 Å². The molecule has 0 spiro atoms. The standard InChI is InChI=1S/C24H30O3/c1-3-5-16-26-19-22(18-20-10-8-7-9-11-20)21-12-14-23(25)24(15-13-21)27-17-6-4-2/h7-15,18H,3-6,16-17,19H2,1-2H3/b22-18+. The number of rotatable bonds is 11. The van der Waals surface area contributed by atoms with E-state index in [1.165, 1.54) is 0 Å². The zero-order valence-electron chi connectivity index (χ0n) is 16.4. The van der Waals surface area contributed by atoms with Gasteiger partial charge in [-0.1, -0.05) is 69.2 Å². The van der Waals surface area contributed by atoms with E-state index < -0.39 is 0 Å². The van der Waals surface area contributed by atoms with Crippen molar-refractivity contribution in [2.24, 2.45) is 0 Å². The first-order chi connectivity index (χ1) is 13.2. The lowest BCUT2D eigenvalue weighted by atomic mass is 10.0. The lowest BCUT2D eigenvalue weighted by Crippen LogP contribution is -2.05. The molecule has 0 aromatic heterocycles. The van der Waals surface area contributed by atoms with E-state index >= 15 is 0 Å². The van der Waals surface area contributed by atoms with Crippen LogP contribution in [-0.2, 0) is 4.74 Å². The van der Waals surface area contributed by atoms with Gasteiger partial charge in [0.1, 0.15) is 0 Å². The Morgan fingerprint density at radius 1 is 0.889 bits per heavy atom. The maximum Gasteiger partial charge on any atom is 0.220 e. The summed E-state index contributed by atoms with van der Waals surface area (Å²) in [5.41, 5.74) is 3.04. The van der Waals surface area contributed by atoms with Gasteiger partial charge in [-0.25, -0.2) is 0 Å². The average Bonchev–Trinajstić information content (AvgIpc) is 2.87. The Balaban J connectivity index is 2.27. The number of hydrogen-bond donors (Lipinski definition) is 0. The van der Waals surface area contributed by atoms with E-state index in [0.29, 0.717) is 19.0 Å². The summed E-state index contributed by atoms with van der Waals surface area (Å²) >= 11 is 0. The van der Waals surface area contributed by atoms with Gasteiger partial charge in [-0.3, -0.25) is 4.79 Å². The second kappa shape index (κ2) is 12.1. The van der Waals surface area contributed by atoms with Crippen molar-refractivity contribution in [3.63, 3.8) is 0 Å². The monoisotopic (exact) mass is 366 g/mol. The first-order valence-corrected chi connectivity index (χ1v) is 9.85. The van der Waals surface area contributed by atoms with Crippen molar-refractivity contribution >= 4 is 11.6 Å². The van der Waals surface area contributed by atoms with Crippen LogP contribution in [0.1, 0.15) is 50.7 Å². The van der Waals surface area contributed by atoms with Crippen LogP contribution in [0.4, 0.5) is 0 Å². The topological polar surface area (TPSA) is 35.5 Å². The van der Waals surface area contributed by atoms with Gasteiger partial charge in [0.25, 0.3) is 0 Å². The van der Waals surface area contributed by atoms with E-state index in [9.17, 15) is 4.79 Å². The molecule has 3 nitrogen and oxygen atoms in total. The van der Waals surface area contributed by atoms with E-state index in [2.05, 4.69) is 32.1 Å². The highest BCUT2D eigenvalue weighted by Crippen LogP contribution is 2.19. The summed E-state index contributed by atoms with van der Waals surface area (Å²) in [6, 6.07) is 17.3. The summed E-state index contributed by atoms with van der Waals surface area (Å²) in [6.07, 6.45) is 6.24. The van der Waals surface area contributed by atoms with Crippen LogP contribution in [-0.4, -0.2) is 19.8 Å². The fraction of sp³-hybridized carbons (Fsp3) is 0.375. The van der Waals surface area contributed by atoms with Gasteiger partial charge in [-0.05, 0) is 47.8 Å². The molecule has 0 atom stereocenters. The molecule has 0 amide bonds. The molecule has 27 heavy (non-hydrogen) atoms. The van der Waals surface area contributed by atoms with E-state index in [1.807, 2.05) is 30.3 Å². The van der Waals surface area contributed by atoms with Crippen LogP contribution in [0.3, 0.4) is 0 Å². The minimum absolute atomic E-state index is 0.0942. The predicted octanol–water partition coefficient (Wildman–Crippen LogP) is 5.58. The average molecular weight is 367 g/mol. The minimum atomic E-state index is -0.0942. The molecule has 2 aromatic rings. The van der Waals surface area contributed by atoms with Gasteiger partial charge in [0.05, 0.1) is 13.2 Å². The third kappa shape index (κ3) is 7.40. The van der Waals surface area contributed by atoms with Crippen molar-refractivity contribution < 1.29 is 9.47 Å². The molecule has 0 aliphatic carbocycles. The Bertz CT molecular complexity index is 766. The Labute approximate surface area is 162 Å². The van der Waals surface area contributed by atoms with E-state index in [4.69, 9.17) is 9.47 Å². The third-order valence-corrected chi connectivity index (χ3v) is 4.24. The van der Waals surface area contributed by atoms with Crippen LogP contribution in [0.15, 0.2) is 59.4 Å². The molecule has 0 unspecified atom stereocenters. The normalized spacial score (nSPS) is 11.4. The predicted molar refractivity (Wildman–Crippen MR) is 113 cm³/mol. The van der Waals surface area contributed by atoms with E-state index in [1.54, 1.807) is 12.1 Å². The Morgan fingerprint density at radius 2 is 1.59 bits per heavy atom. The maximum absolute atomic E-state index is 12.3. The zero-order valence-corrected chi connectivity index (χ0v) is 16.4. The SMILES string of the molecule is CCCCOC/C(=C\c1ccccc1)c1ccc(OCCCC)c(=O)cc1. The molecule has 0 heterocycles. The highest BCUT2D eigenvalue weighted by molar-refractivity contribution is 5.82. The molecule has 2 aromatic carbocycles. The molecule has 3 heteroatoms. The summed E-state index contributed by atoms with van der Waals surface area (Å²) < 4.78 is 11.5. The summed E-state index contributed by atoms with van der Waals surface area (Å²) in [5, 5.41) is 0. The second-order valence-corrected chi connectivity index (χ2v) is 6.54. The van der Waals surface area contributed by atoms with Crippen LogP contribution in [0, 0.1) is 0 Å². The molecule has 0 N–H and O–H groups in total. The first-order valence-electron chi connectivity index (χ1n) is 9.85. The molecule has 0 bridgehead atoms. The Morgan fingerprint density at radius 3 is 2.33 bits per heavy atom. The fourth-order valence-corrected chi connectivity index (χ4v) is 2.60. The highest BCUT2D eigenvalue weighted by Gasteiger charge is 2.05. The van der Waals surface area contributed by atoms with Gasteiger partial charge < -0.3 is 9.47 Å². The smallest absolute Gasteiger partial charge is 0.220 e. The van der Waals surface area contributed by atoms with Crippen molar-refractivity contribution in [1.29, 1.82) is 0 Å². The third-order valence-electron chi connectivity index (χ3n) is 4.24. The fourth-order valence-electron chi connectivity index (χ4n) is 2.60. The van der Waals surface area contributed by atoms with Crippen molar-refractivity contribution in [1.82, 2.24) is 0 Å². The van der Waals surface area contributed by atoms with Crippen molar-refractivity contribution in [2.75, 3.05) is 19.8 Å². The van der Waals surface area contributed by atoms with Gasteiger partial charge in [-0.15, -0.1) is 0 Å². The molecule has 0 aliphatic heterocycles. The summed E-state index contributed by atoms with van der Waals surface area (Å²) in [6.45, 7) is 6.07. The maximum atomic E-state index is 12.3. The molecular weight excluding hydrogens is 336 g/mol. The molecule has 0 saturated carbocycles. The zero-order chi connectivity index (χ0) is 19.3. The van der Waals surface area contributed by atoms with Crippen LogP contribution >= 0.6 is 0 Å². The molecule has 0 fully saturated rings. The molecular formula is C24H30O3. The quantitative estimate of drug-likeness (QED) is 0.487. The number of unbranched alkanes of at least 4 members (excludes halogenated alkanes) is 2. The van der Waals surface area contributed by atoms with Crippen LogP contribution < -0.4 is 10.2 Å². The van der Waals surface area contributed by atoms with Gasteiger partial charge in [0, 0.05) is 6.61 Å². The summed E-state index contributed by atoms with van der Waals surface area (Å²) in [4.78, 5) is 12.3.